The predicted molar refractivity (Wildman–Crippen MR) is 158 cm³/mol. The molecule has 5 rings (SSSR count). The zero-order chi connectivity index (χ0) is 27.2. The summed E-state index contributed by atoms with van der Waals surface area (Å²) in [6.45, 7) is 18.1. The lowest BCUT2D eigenvalue weighted by molar-refractivity contribution is 0.0627. The van der Waals surface area contributed by atoms with Crippen LogP contribution in [0.3, 0.4) is 0 Å². The Morgan fingerprint density at radius 3 is 2.42 bits per heavy atom. The van der Waals surface area contributed by atoms with Crippen molar-refractivity contribution in [2.75, 3.05) is 18.0 Å². The zero-order valence-corrected chi connectivity index (χ0v) is 25.2. The van der Waals surface area contributed by atoms with Crippen LogP contribution in [0.2, 0.25) is 18.1 Å². The molecule has 1 saturated heterocycles. The SMILES string of the molecule is C[C@@H]1CN(c2ccncc2CC(=O)c2ccc3ccn(C4CCC4)c3n2)C[C@H](C)C1O[Si](C)(C)C(C)(C)C. The first-order chi connectivity index (χ1) is 17.9. The number of hydrogen-bond acceptors (Lipinski definition) is 5. The summed E-state index contributed by atoms with van der Waals surface area (Å²) in [5.74, 6) is 0.834. The number of aromatic nitrogens is 3. The molecular formula is C31H44N4O2Si. The second-order valence-corrected chi connectivity index (χ2v) is 18.0. The molecular weight excluding hydrogens is 488 g/mol. The first kappa shape index (κ1) is 27.1. The van der Waals surface area contributed by atoms with Crippen molar-refractivity contribution in [1.29, 1.82) is 0 Å². The Kier molecular flexibility index (Phi) is 7.29. The van der Waals surface area contributed by atoms with E-state index >= 15 is 0 Å². The van der Waals surface area contributed by atoms with Crippen molar-refractivity contribution in [3.63, 3.8) is 0 Å². The molecule has 3 aromatic heterocycles. The maximum absolute atomic E-state index is 13.5. The average Bonchev–Trinajstić information content (AvgIpc) is 3.22. The summed E-state index contributed by atoms with van der Waals surface area (Å²) in [5, 5.41) is 1.29. The van der Waals surface area contributed by atoms with E-state index in [-0.39, 0.29) is 16.9 Å². The Morgan fingerprint density at radius 2 is 1.79 bits per heavy atom. The fraction of sp³-hybridized carbons (Fsp3) is 0.581. The Hall–Kier alpha value is -2.51. The molecule has 4 heterocycles. The molecule has 6 nitrogen and oxygen atoms in total. The molecule has 1 unspecified atom stereocenters. The minimum absolute atomic E-state index is 0.0414. The maximum Gasteiger partial charge on any atom is 0.192 e. The van der Waals surface area contributed by atoms with E-state index in [4.69, 9.17) is 9.41 Å². The van der Waals surface area contributed by atoms with E-state index in [1.54, 1.807) is 0 Å². The van der Waals surface area contributed by atoms with Gasteiger partial charge >= 0.3 is 0 Å². The molecule has 1 aliphatic carbocycles. The van der Waals surface area contributed by atoms with Gasteiger partial charge in [-0.2, -0.15) is 0 Å². The molecule has 0 spiro atoms. The number of carbonyl (C=O) groups is 1. The van der Waals surface area contributed by atoms with Gasteiger partial charge in [-0.05, 0) is 73.5 Å². The van der Waals surface area contributed by atoms with E-state index in [0.29, 0.717) is 30.0 Å². The number of pyridine rings is 2. The first-order valence-electron chi connectivity index (χ1n) is 14.3. The maximum atomic E-state index is 13.5. The van der Waals surface area contributed by atoms with Crippen LogP contribution in [0.1, 0.15) is 76.0 Å². The van der Waals surface area contributed by atoms with Crippen LogP contribution in [0.25, 0.3) is 11.0 Å². The van der Waals surface area contributed by atoms with Crippen LogP contribution in [-0.2, 0) is 10.8 Å². The summed E-state index contributed by atoms with van der Waals surface area (Å²) in [4.78, 5) is 25.1. The number of Topliss-reactive ketones (excluding diaryl/α,β-unsaturated/α-hetero) is 1. The number of anilines is 1. The molecule has 0 N–H and O–H groups in total. The molecule has 0 radical (unpaired) electrons. The third-order valence-corrected chi connectivity index (χ3v) is 13.7. The highest BCUT2D eigenvalue weighted by Crippen LogP contribution is 2.41. The van der Waals surface area contributed by atoms with Gasteiger partial charge in [0, 0.05) is 60.8 Å². The van der Waals surface area contributed by atoms with E-state index in [0.717, 1.165) is 35.4 Å². The largest absolute Gasteiger partial charge is 0.413 e. The summed E-state index contributed by atoms with van der Waals surface area (Å²) in [7, 11) is -1.85. The second-order valence-electron chi connectivity index (χ2n) is 13.2. The number of hydrogen-bond donors (Lipinski definition) is 0. The van der Waals surface area contributed by atoms with E-state index in [1.165, 1.54) is 19.3 Å². The number of rotatable bonds is 7. The number of carbonyl (C=O) groups excluding carboxylic acids is 1. The van der Waals surface area contributed by atoms with Gasteiger partial charge in [-0.3, -0.25) is 9.78 Å². The summed E-state index contributed by atoms with van der Waals surface area (Å²) >= 11 is 0. The van der Waals surface area contributed by atoms with Gasteiger partial charge in [-0.15, -0.1) is 0 Å². The molecule has 0 aromatic carbocycles. The highest BCUT2D eigenvalue weighted by Gasteiger charge is 2.43. The number of ketones is 1. The van der Waals surface area contributed by atoms with Crippen LogP contribution >= 0.6 is 0 Å². The number of piperidine rings is 1. The van der Waals surface area contributed by atoms with Crippen LogP contribution in [0, 0.1) is 11.8 Å². The van der Waals surface area contributed by atoms with Crippen molar-refractivity contribution >= 4 is 30.8 Å². The quantitative estimate of drug-likeness (QED) is 0.241. The monoisotopic (exact) mass is 532 g/mol. The van der Waals surface area contributed by atoms with E-state index in [1.807, 2.05) is 24.5 Å². The molecule has 1 aliphatic heterocycles. The van der Waals surface area contributed by atoms with Crippen molar-refractivity contribution in [2.24, 2.45) is 11.8 Å². The molecule has 0 bridgehead atoms. The van der Waals surface area contributed by atoms with Crippen LogP contribution in [-0.4, -0.2) is 47.8 Å². The Balaban J connectivity index is 1.33. The van der Waals surface area contributed by atoms with E-state index in [2.05, 4.69) is 80.5 Å². The third kappa shape index (κ3) is 5.19. The second kappa shape index (κ2) is 10.2. The predicted octanol–water partition coefficient (Wildman–Crippen LogP) is 7.06. The first-order valence-corrected chi connectivity index (χ1v) is 17.2. The molecule has 204 valence electrons. The number of nitrogens with zero attached hydrogens (tertiary/aromatic N) is 4. The summed E-state index contributed by atoms with van der Waals surface area (Å²) in [6.07, 6.45) is 10.0. The van der Waals surface area contributed by atoms with Gasteiger partial charge in [0.2, 0.25) is 0 Å². The Morgan fingerprint density at radius 1 is 1.08 bits per heavy atom. The lowest BCUT2D eigenvalue weighted by Crippen LogP contribution is -2.54. The highest BCUT2D eigenvalue weighted by molar-refractivity contribution is 6.74. The molecule has 1 saturated carbocycles. The van der Waals surface area contributed by atoms with Crippen LogP contribution in [0.5, 0.6) is 0 Å². The molecule has 3 aromatic rings. The lowest BCUT2D eigenvalue weighted by Gasteiger charge is -2.48. The van der Waals surface area contributed by atoms with Crippen molar-refractivity contribution in [1.82, 2.24) is 14.5 Å². The Bertz CT molecular complexity index is 1290. The normalized spacial score (nSPS) is 23.0. The van der Waals surface area contributed by atoms with E-state index in [9.17, 15) is 4.79 Å². The molecule has 3 atom stereocenters. The van der Waals surface area contributed by atoms with Gasteiger partial charge in [-0.1, -0.05) is 34.6 Å². The van der Waals surface area contributed by atoms with Crippen LogP contribution < -0.4 is 4.90 Å². The summed E-state index contributed by atoms with van der Waals surface area (Å²) < 4.78 is 9.16. The molecule has 7 heteroatoms. The topological polar surface area (TPSA) is 60.2 Å². The summed E-state index contributed by atoms with van der Waals surface area (Å²) in [6, 6.07) is 8.60. The molecule has 2 aliphatic rings. The standard InChI is InChI=1S/C31H44N4O2Si/c1-21-19-34(20-22(2)29(21)37-38(6,7)31(3,4)5)27-13-15-32-18-24(27)17-28(36)26-12-11-23-14-16-35(30(23)33-26)25-9-8-10-25/h11-16,18,21-22,25,29H,8-10,17,19-20H2,1-7H3/t21-,22+,29?. The van der Waals surface area contributed by atoms with Crippen LogP contribution in [0.15, 0.2) is 42.9 Å². The minimum atomic E-state index is -1.85. The van der Waals surface area contributed by atoms with Gasteiger partial charge in [0.1, 0.15) is 11.3 Å². The van der Waals surface area contributed by atoms with Gasteiger partial charge in [0.15, 0.2) is 14.1 Å². The average molecular weight is 533 g/mol. The molecule has 2 fully saturated rings. The molecule has 38 heavy (non-hydrogen) atoms. The van der Waals surface area contributed by atoms with Crippen LogP contribution in [0.4, 0.5) is 5.69 Å². The fourth-order valence-electron chi connectivity index (χ4n) is 5.75. The highest BCUT2D eigenvalue weighted by atomic mass is 28.4. The van der Waals surface area contributed by atoms with Gasteiger partial charge in [0.05, 0.1) is 6.10 Å². The van der Waals surface area contributed by atoms with Gasteiger partial charge < -0.3 is 13.9 Å². The molecule has 0 amide bonds. The van der Waals surface area contributed by atoms with E-state index < -0.39 is 8.32 Å². The van der Waals surface area contributed by atoms with Gasteiger partial charge in [-0.25, -0.2) is 4.98 Å². The van der Waals surface area contributed by atoms with Gasteiger partial charge in [0.25, 0.3) is 0 Å². The third-order valence-electron chi connectivity index (χ3n) is 9.26. The zero-order valence-electron chi connectivity index (χ0n) is 24.2. The summed E-state index contributed by atoms with van der Waals surface area (Å²) in [5.41, 5.74) is 3.54. The van der Waals surface area contributed by atoms with Crippen molar-refractivity contribution in [3.05, 3.63) is 54.1 Å². The van der Waals surface area contributed by atoms with Crippen molar-refractivity contribution in [2.45, 2.75) is 90.6 Å². The number of fused-ring (bicyclic) bond motifs is 1. The smallest absolute Gasteiger partial charge is 0.192 e. The Labute approximate surface area is 228 Å². The minimum Gasteiger partial charge on any atom is -0.413 e. The fourth-order valence-corrected chi connectivity index (χ4v) is 7.25. The lowest BCUT2D eigenvalue weighted by atomic mass is 9.87. The van der Waals surface area contributed by atoms with Crippen molar-refractivity contribution < 1.29 is 9.22 Å². The van der Waals surface area contributed by atoms with Crippen molar-refractivity contribution in [3.8, 4) is 0 Å².